The van der Waals surface area contributed by atoms with E-state index in [9.17, 15) is 4.79 Å². The van der Waals surface area contributed by atoms with Crippen LogP contribution in [0.3, 0.4) is 0 Å². The van der Waals surface area contributed by atoms with Crippen LogP contribution in [-0.4, -0.2) is 66.3 Å². The van der Waals surface area contributed by atoms with E-state index < -0.39 is 5.54 Å². The molecule has 2 atom stereocenters. The van der Waals surface area contributed by atoms with Crippen LogP contribution in [0.4, 0.5) is 0 Å². The van der Waals surface area contributed by atoms with Gasteiger partial charge in [0, 0.05) is 37.6 Å². The van der Waals surface area contributed by atoms with Gasteiger partial charge in [-0.15, -0.1) is 0 Å². The normalized spacial score (nSPS) is 32.0. The van der Waals surface area contributed by atoms with Crippen molar-refractivity contribution in [2.24, 2.45) is 5.41 Å². The molecular weight excluding hydrogens is 266 g/mol. The minimum absolute atomic E-state index is 0.00558. The van der Waals surface area contributed by atoms with Crippen LogP contribution >= 0.6 is 0 Å². The lowest BCUT2D eigenvalue weighted by molar-refractivity contribution is -0.139. The number of piperazine rings is 1. The van der Waals surface area contributed by atoms with Gasteiger partial charge in [0.05, 0.1) is 6.61 Å². The Hall–Kier alpha value is -0.650. The molecule has 0 spiro atoms. The number of nitrogens with zero attached hydrogens (tertiary/aromatic N) is 2. The zero-order valence-electron chi connectivity index (χ0n) is 14.4. The van der Waals surface area contributed by atoms with Gasteiger partial charge in [-0.1, -0.05) is 20.8 Å². The van der Waals surface area contributed by atoms with Gasteiger partial charge in [-0.3, -0.25) is 15.0 Å². The molecule has 2 aliphatic heterocycles. The molecule has 5 heteroatoms. The first kappa shape index (κ1) is 16.7. The molecule has 2 rings (SSSR count). The van der Waals surface area contributed by atoms with Crippen LogP contribution in [0.15, 0.2) is 0 Å². The van der Waals surface area contributed by atoms with E-state index in [4.69, 9.17) is 4.74 Å². The summed E-state index contributed by atoms with van der Waals surface area (Å²) in [7, 11) is 0. The lowest BCUT2D eigenvalue weighted by atomic mass is 9.93. The Bertz CT molecular complexity index is 383. The Morgan fingerprint density at radius 2 is 1.81 bits per heavy atom. The van der Waals surface area contributed by atoms with Crippen LogP contribution in [0.25, 0.3) is 0 Å². The molecule has 2 aliphatic rings. The summed E-state index contributed by atoms with van der Waals surface area (Å²) in [5.41, 5.74) is -0.591. The van der Waals surface area contributed by atoms with Crippen molar-refractivity contribution in [2.45, 2.75) is 59.4 Å². The molecule has 0 saturated carbocycles. The van der Waals surface area contributed by atoms with Gasteiger partial charge < -0.3 is 9.64 Å². The zero-order valence-corrected chi connectivity index (χ0v) is 14.4. The van der Waals surface area contributed by atoms with Gasteiger partial charge in [0.1, 0.15) is 11.8 Å². The Balaban J connectivity index is 1.95. The summed E-state index contributed by atoms with van der Waals surface area (Å²) < 4.78 is 5.84. The quantitative estimate of drug-likeness (QED) is 0.834. The summed E-state index contributed by atoms with van der Waals surface area (Å²) in [4.78, 5) is 17.2. The molecular formula is C16H31N3O2. The smallest absolute Gasteiger partial charge is 0.245 e. The Kier molecular flexibility index (Phi) is 4.66. The van der Waals surface area contributed by atoms with Crippen molar-refractivity contribution in [3.63, 3.8) is 0 Å². The SMILES string of the molecule is CC(C)N1CCN(C(=O)[C@]2(C)CO[C@H](C(C)(C)C)N2)CC1. The molecule has 0 bridgehead atoms. The first-order valence-corrected chi connectivity index (χ1v) is 8.06. The number of nitrogens with one attached hydrogen (secondary N) is 1. The first-order valence-electron chi connectivity index (χ1n) is 8.06. The highest BCUT2D eigenvalue weighted by molar-refractivity contribution is 5.86. The van der Waals surface area contributed by atoms with Gasteiger partial charge in [-0.2, -0.15) is 0 Å². The zero-order chi connectivity index (χ0) is 15.8. The number of carbonyl (C=O) groups is 1. The van der Waals surface area contributed by atoms with Crippen LogP contribution in [0, 0.1) is 5.41 Å². The van der Waals surface area contributed by atoms with E-state index in [-0.39, 0.29) is 17.6 Å². The van der Waals surface area contributed by atoms with Crippen LogP contribution in [0.2, 0.25) is 0 Å². The maximum absolute atomic E-state index is 12.8. The Labute approximate surface area is 129 Å². The van der Waals surface area contributed by atoms with Crippen molar-refractivity contribution < 1.29 is 9.53 Å². The third-order valence-corrected chi connectivity index (χ3v) is 4.58. The number of hydrogen-bond donors (Lipinski definition) is 1. The van der Waals surface area contributed by atoms with Crippen molar-refractivity contribution in [3.05, 3.63) is 0 Å². The van der Waals surface area contributed by atoms with E-state index in [0.29, 0.717) is 12.6 Å². The fourth-order valence-corrected chi connectivity index (χ4v) is 3.00. The largest absolute Gasteiger partial charge is 0.360 e. The maximum atomic E-state index is 12.8. The fourth-order valence-electron chi connectivity index (χ4n) is 3.00. The number of ether oxygens (including phenoxy) is 1. The van der Waals surface area contributed by atoms with Crippen molar-refractivity contribution >= 4 is 5.91 Å². The predicted octanol–water partition coefficient (Wildman–Crippen LogP) is 1.29. The molecule has 0 unspecified atom stereocenters. The van der Waals surface area contributed by atoms with Crippen LogP contribution in [0.1, 0.15) is 41.5 Å². The van der Waals surface area contributed by atoms with Crippen LogP contribution in [0.5, 0.6) is 0 Å². The molecule has 1 amide bonds. The Morgan fingerprint density at radius 3 is 2.24 bits per heavy atom. The topological polar surface area (TPSA) is 44.8 Å². The van der Waals surface area contributed by atoms with Gasteiger partial charge in [0.25, 0.3) is 0 Å². The summed E-state index contributed by atoms with van der Waals surface area (Å²) in [6.07, 6.45) is -0.0663. The fraction of sp³-hybridized carbons (Fsp3) is 0.938. The standard InChI is InChI=1S/C16H31N3O2/c1-12(2)18-7-9-19(10-8-18)14(20)16(6)11-21-13(17-16)15(3,4)5/h12-13,17H,7-11H2,1-6H3/t13-,16+/m1/s1. The highest BCUT2D eigenvalue weighted by Gasteiger charge is 2.47. The minimum atomic E-state index is -0.585. The van der Waals surface area contributed by atoms with Crippen molar-refractivity contribution in [3.8, 4) is 0 Å². The van der Waals surface area contributed by atoms with Gasteiger partial charge in [-0.05, 0) is 20.8 Å². The molecule has 1 N–H and O–H groups in total. The highest BCUT2D eigenvalue weighted by atomic mass is 16.5. The summed E-state index contributed by atoms with van der Waals surface area (Å²) in [6, 6.07) is 0.552. The van der Waals surface area contributed by atoms with Crippen LogP contribution < -0.4 is 5.32 Å². The number of carbonyl (C=O) groups excluding carboxylic acids is 1. The third-order valence-electron chi connectivity index (χ3n) is 4.58. The van der Waals surface area contributed by atoms with E-state index >= 15 is 0 Å². The summed E-state index contributed by atoms with van der Waals surface area (Å²) >= 11 is 0. The highest BCUT2D eigenvalue weighted by Crippen LogP contribution is 2.29. The molecule has 0 aromatic heterocycles. The molecule has 0 radical (unpaired) electrons. The van der Waals surface area contributed by atoms with Gasteiger partial charge in [-0.25, -0.2) is 0 Å². The van der Waals surface area contributed by atoms with Crippen molar-refractivity contribution in [1.29, 1.82) is 0 Å². The number of rotatable bonds is 2. The number of hydrogen-bond acceptors (Lipinski definition) is 4. The molecule has 2 heterocycles. The molecule has 2 saturated heterocycles. The molecule has 5 nitrogen and oxygen atoms in total. The van der Waals surface area contributed by atoms with E-state index in [1.54, 1.807) is 0 Å². The molecule has 0 aromatic rings. The summed E-state index contributed by atoms with van der Waals surface area (Å²) in [5.74, 6) is 0.178. The van der Waals surface area contributed by atoms with Crippen molar-refractivity contribution in [2.75, 3.05) is 32.8 Å². The van der Waals surface area contributed by atoms with E-state index in [2.05, 4.69) is 44.8 Å². The van der Waals surface area contributed by atoms with Gasteiger partial charge >= 0.3 is 0 Å². The second kappa shape index (κ2) is 5.86. The molecule has 122 valence electrons. The van der Waals surface area contributed by atoms with E-state index in [1.165, 1.54) is 0 Å². The average molecular weight is 297 g/mol. The van der Waals surface area contributed by atoms with E-state index in [0.717, 1.165) is 26.2 Å². The molecule has 0 aromatic carbocycles. The van der Waals surface area contributed by atoms with Crippen molar-refractivity contribution in [1.82, 2.24) is 15.1 Å². The molecule has 2 fully saturated rings. The lowest BCUT2D eigenvalue weighted by Crippen LogP contribution is -2.61. The summed E-state index contributed by atoms with van der Waals surface area (Å²) in [6.45, 7) is 16.8. The first-order chi connectivity index (χ1) is 9.63. The number of amides is 1. The predicted molar refractivity (Wildman–Crippen MR) is 84.0 cm³/mol. The third kappa shape index (κ3) is 3.58. The van der Waals surface area contributed by atoms with Crippen LogP contribution in [-0.2, 0) is 9.53 Å². The second-order valence-electron chi connectivity index (χ2n) is 7.96. The maximum Gasteiger partial charge on any atom is 0.245 e. The minimum Gasteiger partial charge on any atom is -0.360 e. The summed E-state index contributed by atoms with van der Waals surface area (Å²) in [5, 5.41) is 3.41. The molecule has 0 aliphatic carbocycles. The second-order valence-corrected chi connectivity index (χ2v) is 7.96. The van der Waals surface area contributed by atoms with E-state index in [1.807, 2.05) is 11.8 Å². The van der Waals surface area contributed by atoms with Gasteiger partial charge in [0.2, 0.25) is 5.91 Å². The monoisotopic (exact) mass is 297 g/mol. The van der Waals surface area contributed by atoms with Gasteiger partial charge in [0.15, 0.2) is 0 Å². The Morgan fingerprint density at radius 1 is 1.24 bits per heavy atom. The molecule has 21 heavy (non-hydrogen) atoms. The lowest BCUT2D eigenvalue weighted by Gasteiger charge is -2.40. The average Bonchev–Trinajstić information content (AvgIpc) is 2.82.